The highest BCUT2D eigenvalue weighted by Crippen LogP contribution is 2.27. The smallest absolute Gasteiger partial charge is 0.287 e. The molecule has 0 atom stereocenters. The fourth-order valence-corrected chi connectivity index (χ4v) is 3.86. The standard InChI is InChI=1S/C22H25NO5S/c1-15(2)16-8-10-17(11-9-16)27-13-12-23-22(24)21-19(14-29(3,25)26)18-6-4-5-7-20(18)28-21/h4-11,15H,12-14H2,1-3H3,(H,23,24). The zero-order valence-electron chi connectivity index (χ0n) is 16.8. The van der Waals surface area contributed by atoms with Gasteiger partial charge in [0.1, 0.15) is 17.9 Å². The molecular formula is C22H25NO5S. The number of furan rings is 1. The lowest BCUT2D eigenvalue weighted by Crippen LogP contribution is -2.28. The molecule has 3 rings (SSSR count). The minimum atomic E-state index is -3.33. The minimum Gasteiger partial charge on any atom is -0.492 e. The predicted molar refractivity (Wildman–Crippen MR) is 113 cm³/mol. The SMILES string of the molecule is CC(C)c1ccc(OCCNC(=O)c2oc3ccccc3c2CS(C)(=O)=O)cc1. The number of nitrogens with one attached hydrogen (secondary N) is 1. The molecule has 0 unspecified atom stereocenters. The van der Waals surface area contributed by atoms with E-state index in [1.807, 2.05) is 24.3 Å². The lowest BCUT2D eigenvalue weighted by Gasteiger charge is -2.09. The van der Waals surface area contributed by atoms with E-state index in [0.717, 1.165) is 12.0 Å². The Hall–Kier alpha value is -2.80. The molecule has 0 fully saturated rings. The van der Waals surface area contributed by atoms with Crippen molar-refractivity contribution in [2.24, 2.45) is 0 Å². The molecule has 0 spiro atoms. The molecule has 1 amide bonds. The highest BCUT2D eigenvalue weighted by Gasteiger charge is 2.23. The third-order valence-electron chi connectivity index (χ3n) is 4.51. The van der Waals surface area contributed by atoms with E-state index in [4.69, 9.17) is 9.15 Å². The first-order valence-electron chi connectivity index (χ1n) is 9.43. The fourth-order valence-electron chi connectivity index (χ4n) is 3.05. The van der Waals surface area contributed by atoms with Gasteiger partial charge in [-0.05, 0) is 29.7 Å². The lowest BCUT2D eigenvalue weighted by molar-refractivity contribution is 0.0920. The molecule has 1 heterocycles. The van der Waals surface area contributed by atoms with Crippen molar-refractivity contribution >= 4 is 26.7 Å². The Balaban J connectivity index is 1.64. The zero-order valence-corrected chi connectivity index (χ0v) is 17.6. The molecular weight excluding hydrogens is 390 g/mol. The number of fused-ring (bicyclic) bond motifs is 1. The van der Waals surface area contributed by atoms with Gasteiger partial charge < -0.3 is 14.5 Å². The summed E-state index contributed by atoms with van der Waals surface area (Å²) in [6.07, 6.45) is 1.13. The summed E-state index contributed by atoms with van der Waals surface area (Å²) in [6, 6.07) is 14.9. The first-order chi connectivity index (χ1) is 13.7. The molecule has 154 valence electrons. The molecule has 2 aromatic carbocycles. The summed E-state index contributed by atoms with van der Waals surface area (Å²) in [5.41, 5.74) is 2.09. The minimum absolute atomic E-state index is 0.0258. The van der Waals surface area contributed by atoms with Crippen LogP contribution in [-0.2, 0) is 15.6 Å². The van der Waals surface area contributed by atoms with Crippen molar-refractivity contribution in [3.05, 3.63) is 65.4 Å². The number of hydrogen-bond donors (Lipinski definition) is 1. The van der Waals surface area contributed by atoms with Crippen LogP contribution in [0.4, 0.5) is 0 Å². The molecule has 1 N–H and O–H groups in total. The van der Waals surface area contributed by atoms with E-state index in [1.165, 1.54) is 5.56 Å². The van der Waals surface area contributed by atoms with Crippen LogP contribution in [0.5, 0.6) is 5.75 Å². The van der Waals surface area contributed by atoms with Gasteiger partial charge in [0.05, 0.1) is 12.3 Å². The average molecular weight is 416 g/mol. The molecule has 3 aromatic rings. The largest absolute Gasteiger partial charge is 0.492 e. The molecule has 29 heavy (non-hydrogen) atoms. The van der Waals surface area contributed by atoms with Crippen molar-refractivity contribution in [2.75, 3.05) is 19.4 Å². The second-order valence-electron chi connectivity index (χ2n) is 7.30. The van der Waals surface area contributed by atoms with Gasteiger partial charge in [-0.3, -0.25) is 4.79 Å². The average Bonchev–Trinajstić information content (AvgIpc) is 3.02. The Morgan fingerprint density at radius 1 is 1.10 bits per heavy atom. The Kier molecular flexibility index (Phi) is 6.27. The highest BCUT2D eigenvalue weighted by atomic mass is 32.2. The number of sulfone groups is 1. The van der Waals surface area contributed by atoms with E-state index in [0.29, 0.717) is 22.5 Å². The first kappa shape index (κ1) is 20.9. The summed E-state index contributed by atoms with van der Waals surface area (Å²) in [4.78, 5) is 12.6. The van der Waals surface area contributed by atoms with E-state index in [-0.39, 0.29) is 24.7 Å². The van der Waals surface area contributed by atoms with Gasteiger partial charge in [0.2, 0.25) is 0 Å². The van der Waals surface area contributed by atoms with Gasteiger partial charge >= 0.3 is 0 Å². The van der Waals surface area contributed by atoms with Gasteiger partial charge in [-0.25, -0.2) is 8.42 Å². The zero-order chi connectivity index (χ0) is 21.0. The van der Waals surface area contributed by atoms with Gasteiger partial charge in [-0.1, -0.05) is 44.2 Å². The number of rotatable bonds is 8. The molecule has 1 aromatic heterocycles. The van der Waals surface area contributed by atoms with Crippen LogP contribution in [0, 0.1) is 0 Å². The van der Waals surface area contributed by atoms with Crippen LogP contribution in [0.25, 0.3) is 11.0 Å². The normalized spacial score (nSPS) is 11.7. The van der Waals surface area contributed by atoms with Crippen molar-refractivity contribution in [3.8, 4) is 5.75 Å². The number of amides is 1. The Morgan fingerprint density at radius 3 is 2.45 bits per heavy atom. The third kappa shape index (κ3) is 5.38. The molecule has 0 aliphatic rings. The monoisotopic (exact) mass is 415 g/mol. The molecule has 6 nitrogen and oxygen atoms in total. The van der Waals surface area contributed by atoms with Crippen molar-refractivity contribution in [1.29, 1.82) is 0 Å². The van der Waals surface area contributed by atoms with Gasteiger partial charge in [0.15, 0.2) is 15.6 Å². The van der Waals surface area contributed by atoms with Crippen LogP contribution >= 0.6 is 0 Å². The fraction of sp³-hybridized carbons (Fsp3) is 0.318. The van der Waals surface area contributed by atoms with Crippen molar-refractivity contribution in [2.45, 2.75) is 25.5 Å². The molecule has 7 heteroatoms. The van der Waals surface area contributed by atoms with Crippen LogP contribution in [0.1, 0.15) is 41.4 Å². The number of carbonyl (C=O) groups is 1. The van der Waals surface area contributed by atoms with Crippen LogP contribution in [0.15, 0.2) is 52.9 Å². The summed E-state index contributed by atoms with van der Waals surface area (Å²) in [6.45, 7) is 4.80. The van der Waals surface area contributed by atoms with Gasteiger partial charge in [-0.2, -0.15) is 0 Å². The summed E-state index contributed by atoms with van der Waals surface area (Å²) in [7, 11) is -3.33. The molecule has 0 aliphatic heterocycles. The van der Waals surface area contributed by atoms with Crippen LogP contribution in [0.2, 0.25) is 0 Å². The van der Waals surface area contributed by atoms with Crippen LogP contribution in [0.3, 0.4) is 0 Å². The second-order valence-corrected chi connectivity index (χ2v) is 9.44. The number of carbonyl (C=O) groups excluding carboxylic acids is 1. The van der Waals surface area contributed by atoms with E-state index in [1.54, 1.807) is 24.3 Å². The Bertz CT molecular complexity index is 1100. The summed E-state index contributed by atoms with van der Waals surface area (Å²) in [5.74, 6) is 0.487. The number of benzene rings is 2. The number of para-hydroxylation sites is 1. The van der Waals surface area contributed by atoms with Gasteiger partial charge in [0.25, 0.3) is 5.91 Å². The Morgan fingerprint density at radius 2 is 1.79 bits per heavy atom. The number of hydrogen-bond acceptors (Lipinski definition) is 5. The predicted octanol–water partition coefficient (Wildman–Crippen LogP) is 3.91. The third-order valence-corrected chi connectivity index (χ3v) is 5.33. The van der Waals surface area contributed by atoms with Crippen molar-refractivity contribution in [1.82, 2.24) is 5.32 Å². The van der Waals surface area contributed by atoms with E-state index < -0.39 is 15.7 Å². The molecule has 0 radical (unpaired) electrons. The van der Waals surface area contributed by atoms with E-state index in [9.17, 15) is 13.2 Å². The van der Waals surface area contributed by atoms with Crippen molar-refractivity contribution in [3.63, 3.8) is 0 Å². The summed E-state index contributed by atoms with van der Waals surface area (Å²) >= 11 is 0. The molecule has 0 saturated carbocycles. The van der Waals surface area contributed by atoms with E-state index in [2.05, 4.69) is 19.2 Å². The maximum atomic E-state index is 12.6. The maximum Gasteiger partial charge on any atom is 0.287 e. The molecule has 0 aliphatic carbocycles. The highest BCUT2D eigenvalue weighted by molar-refractivity contribution is 7.89. The van der Waals surface area contributed by atoms with Crippen molar-refractivity contribution < 1.29 is 22.4 Å². The quantitative estimate of drug-likeness (QED) is 0.564. The number of ether oxygens (including phenoxy) is 1. The van der Waals surface area contributed by atoms with Crippen LogP contribution in [-0.4, -0.2) is 33.7 Å². The Labute approximate surface area is 170 Å². The second kappa shape index (κ2) is 8.69. The maximum absolute atomic E-state index is 12.6. The van der Waals surface area contributed by atoms with Gasteiger partial charge in [0, 0.05) is 17.2 Å². The lowest BCUT2D eigenvalue weighted by atomic mass is 10.0. The topological polar surface area (TPSA) is 85.6 Å². The van der Waals surface area contributed by atoms with E-state index >= 15 is 0 Å². The van der Waals surface area contributed by atoms with Gasteiger partial charge in [-0.15, -0.1) is 0 Å². The molecule has 0 bridgehead atoms. The summed E-state index contributed by atoms with van der Waals surface area (Å²) < 4.78 is 34.9. The van der Waals surface area contributed by atoms with Crippen LogP contribution < -0.4 is 10.1 Å². The summed E-state index contributed by atoms with van der Waals surface area (Å²) in [5, 5.41) is 3.36. The first-order valence-corrected chi connectivity index (χ1v) is 11.5. The molecule has 0 saturated heterocycles.